The van der Waals surface area contributed by atoms with Crippen molar-refractivity contribution < 1.29 is 27.6 Å². The molecule has 0 saturated carbocycles. The van der Waals surface area contributed by atoms with Gasteiger partial charge in [0.1, 0.15) is 5.82 Å². The minimum Gasteiger partial charge on any atom is -0.396 e. The van der Waals surface area contributed by atoms with Crippen LogP contribution in [0.2, 0.25) is 0 Å². The molecular formula is C25H25F4N3O3. The summed E-state index contributed by atoms with van der Waals surface area (Å²) >= 11 is 0. The van der Waals surface area contributed by atoms with Gasteiger partial charge in [-0.3, -0.25) is 10.1 Å². The van der Waals surface area contributed by atoms with Gasteiger partial charge in [0.25, 0.3) is 5.69 Å². The zero-order chi connectivity index (χ0) is 25.2. The number of aliphatic hydroxyl groups is 1. The number of nitro groups is 1. The Morgan fingerprint density at radius 1 is 1.09 bits per heavy atom. The van der Waals surface area contributed by atoms with E-state index in [1.54, 1.807) is 23.1 Å². The number of nitro benzene ring substituents is 1. The first-order chi connectivity index (χ1) is 16.7. The standard InChI is InChI=1S/C25H25F4N3O3/c26-22-7-6-20(18-3-1-2-4-19(18)22)23(11-14-33)30-16-9-12-31(13-10-16)24-8-5-17(32(34)35)15-21(24)25(27,28)29/h1-8,15-16,23,30,33H,9-14H2. The number of benzene rings is 3. The quantitative estimate of drug-likeness (QED) is 0.256. The average molecular weight is 491 g/mol. The lowest BCUT2D eigenvalue weighted by molar-refractivity contribution is -0.385. The highest BCUT2D eigenvalue weighted by Gasteiger charge is 2.37. The molecule has 4 rings (SSSR count). The van der Waals surface area contributed by atoms with Gasteiger partial charge in [0, 0.05) is 55.0 Å². The molecule has 1 atom stereocenters. The van der Waals surface area contributed by atoms with Crippen LogP contribution in [0.3, 0.4) is 0 Å². The number of hydrogen-bond donors (Lipinski definition) is 2. The number of nitrogens with one attached hydrogen (secondary N) is 1. The van der Waals surface area contributed by atoms with Gasteiger partial charge in [0.15, 0.2) is 0 Å². The maximum absolute atomic E-state index is 14.3. The van der Waals surface area contributed by atoms with Crippen molar-refractivity contribution in [1.82, 2.24) is 5.32 Å². The summed E-state index contributed by atoms with van der Waals surface area (Å²) < 4.78 is 55.1. The number of halogens is 4. The molecule has 35 heavy (non-hydrogen) atoms. The Morgan fingerprint density at radius 2 is 1.77 bits per heavy atom. The van der Waals surface area contributed by atoms with Gasteiger partial charge in [0.2, 0.25) is 0 Å². The van der Waals surface area contributed by atoms with E-state index in [4.69, 9.17) is 0 Å². The van der Waals surface area contributed by atoms with Crippen LogP contribution in [0.25, 0.3) is 10.8 Å². The number of fused-ring (bicyclic) bond motifs is 1. The molecule has 3 aromatic carbocycles. The Balaban J connectivity index is 1.51. The monoisotopic (exact) mass is 491 g/mol. The molecule has 0 aliphatic carbocycles. The molecule has 1 aliphatic rings. The molecule has 0 spiro atoms. The maximum atomic E-state index is 14.3. The summed E-state index contributed by atoms with van der Waals surface area (Å²) in [4.78, 5) is 11.7. The third kappa shape index (κ3) is 5.38. The fourth-order valence-electron chi connectivity index (χ4n) is 4.76. The summed E-state index contributed by atoms with van der Waals surface area (Å²) in [6, 6.07) is 12.8. The smallest absolute Gasteiger partial charge is 0.396 e. The molecule has 0 radical (unpaired) electrons. The van der Waals surface area contributed by atoms with Crippen LogP contribution in [0.4, 0.5) is 28.9 Å². The van der Waals surface area contributed by atoms with E-state index in [1.165, 1.54) is 6.07 Å². The van der Waals surface area contributed by atoms with Crippen LogP contribution in [0.1, 0.15) is 36.4 Å². The molecule has 10 heteroatoms. The summed E-state index contributed by atoms with van der Waals surface area (Å²) in [7, 11) is 0. The van der Waals surface area contributed by atoms with Gasteiger partial charge < -0.3 is 15.3 Å². The Bertz CT molecular complexity index is 1210. The predicted molar refractivity (Wildman–Crippen MR) is 125 cm³/mol. The Labute approximate surface area is 199 Å². The number of hydrogen-bond acceptors (Lipinski definition) is 5. The average Bonchev–Trinajstić information content (AvgIpc) is 2.84. The first-order valence-electron chi connectivity index (χ1n) is 11.3. The molecule has 0 aromatic heterocycles. The third-order valence-corrected chi connectivity index (χ3v) is 6.47. The number of rotatable bonds is 7. The summed E-state index contributed by atoms with van der Waals surface area (Å²) in [5, 5.41) is 25.3. The summed E-state index contributed by atoms with van der Waals surface area (Å²) in [6.07, 6.45) is -3.24. The molecular weight excluding hydrogens is 466 g/mol. The fourth-order valence-corrected chi connectivity index (χ4v) is 4.76. The molecule has 6 nitrogen and oxygen atoms in total. The minimum atomic E-state index is -4.72. The van der Waals surface area contributed by atoms with E-state index in [9.17, 15) is 32.8 Å². The minimum absolute atomic E-state index is 0.0287. The van der Waals surface area contributed by atoms with E-state index in [0.717, 1.165) is 23.1 Å². The van der Waals surface area contributed by atoms with Gasteiger partial charge in [-0.15, -0.1) is 0 Å². The van der Waals surface area contributed by atoms with E-state index in [2.05, 4.69) is 5.32 Å². The van der Waals surface area contributed by atoms with Gasteiger partial charge in [-0.25, -0.2) is 4.39 Å². The third-order valence-electron chi connectivity index (χ3n) is 6.47. The van der Waals surface area contributed by atoms with Crippen molar-refractivity contribution in [2.75, 3.05) is 24.6 Å². The Hall–Kier alpha value is -3.24. The second kappa shape index (κ2) is 10.2. The van der Waals surface area contributed by atoms with Crippen LogP contribution >= 0.6 is 0 Å². The molecule has 186 valence electrons. The molecule has 1 unspecified atom stereocenters. The molecule has 0 amide bonds. The van der Waals surface area contributed by atoms with Crippen LogP contribution in [-0.2, 0) is 6.18 Å². The van der Waals surface area contributed by atoms with Crippen molar-refractivity contribution in [2.45, 2.75) is 37.5 Å². The van der Waals surface area contributed by atoms with Gasteiger partial charge in [-0.1, -0.05) is 30.3 Å². The zero-order valence-corrected chi connectivity index (χ0v) is 18.8. The van der Waals surface area contributed by atoms with E-state index < -0.39 is 22.4 Å². The predicted octanol–water partition coefficient (Wildman–Crippen LogP) is 5.59. The highest BCUT2D eigenvalue weighted by molar-refractivity contribution is 5.86. The Morgan fingerprint density at radius 3 is 2.40 bits per heavy atom. The molecule has 2 N–H and O–H groups in total. The summed E-state index contributed by atoms with van der Waals surface area (Å²) in [5.41, 5.74) is -0.837. The maximum Gasteiger partial charge on any atom is 0.418 e. The number of nitrogens with zero attached hydrogens (tertiary/aromatic N) is 2. The largest absolute Gasteiger partial charge is 0.418 e. The number of non-ortho nitro benzene ring substituents is 1. The van der Waals surface area contributed by atoms with Crippen molar-refractivity contribution in [2.24, 2.45) is 0 Å². The molecule has 1 heterocycles. The van der Waals surface area contributed by atoms with Crippen LogP contribution in [0.15, 0.2) is 54.6 Å². The Kier molecular flexibility index (Phi) is 7.23. The molecule has 3 aromatic rings. The lowest BCUT2D eigenvalue weighted by Crippen LogP contribution is -2.44. The first-order valence-corrected chi connectivity index (χ1v) is 11.3. The fraction of sp³-hybridized carbons (Fsp3) is 0.360. The van der Waals surface area contributed by atoms with Crippen molar-refractivity contribution in [3.05, 3.63) is 81.7 Å². The number of alkyl halides is 3. The topological polar surface area (TPSA) is 78.6 Å². The lowest BCUT2D eigenvalue weighted by atomic mass is 9.94. The number of piperidine rings is 1. The number of anilines is 1. The van der Waals surface area contributed by atoms with Crippen molar-refractivity contribution in [1.29, 1.82) is 0 Å². The van der Waals surface area contributed by atoms with Crippen molar-refractivity contribution in [3.63, 3.8) is 0 Å². The normalized spacial score (nSPS) is 16.0. The molecule has 1 fully saturated rings. The van der Waals surface area contributed by atoms with Crippen LogP contribution in [-0.4, -0.2) is 35.8 Å². The second-order valence-electron chi connectivity index (χ2n) is 8.63. The van der Waals surface area contributed by atoms with E-state index in [0.29, 0.717) is 43.8 Å². The van der Waals surface area contributed by atoms with Crippen LogP contribution < -0.4 is 10.2 Å². The highest BCUT2D eigenvalue weighted by Crippen LogP contribution is 2.39. The SMILES string of the molecule is O=[N+]([O-])c1ccc(N2CCC(NC(CCO)c3ccc(F)c4ccccc34)CC2)c(C(F)(F)F)c1. The summed E-state index contributed by atoms with van der Waals surface area (Å²) in [5.74, 6) is -0.330. The van der Waals surface area contributed by atoms with Crippen LogP contribution in [0.5, 0.6) is 0 Å². The van der Waals surface area contributed by atoms with Crippen molar-refractivity contribution >= 4 is 22.1 Å². The second-order valence-corrected chi connectivity index (χ2v) is 8.63. The lowest BCUT2D eigenvalue weighted by Gasteiger charge is -2.37. The van der Waals surface area contributed by atoms with Crippen LogP contribution in [0, 0.1) is 15.9 Å². The van der Waals surface area contributed by atoms with Gasteiger partial charge in [-0.2, -0.15) is 13.2 Å². The summed E-state index contributed by atoms with van der Waals surface area (Å²) in [6.45, 7) is 0.573. The number of aliphatic hydroxyl groups excluding tert-OH is 1. The van der Waals surface area contributed by atoms with E-state index >= 15 is 0 Å². The van der Waals surface area contributed by atoms with Gasteiger partial charge in [0.05, 0.1) is 10.5 Å². The highest BCUT2D eigenvalue weighted by atomic mass is 19.4. The zero-order valence-electron chi connectivity index (χ0n) is 18.8. The van der Waals surface area contributed by atoms with E-state index in [-0.39, 0.29) is 30.2 Å². The van der Waals surface area contributed by atoms with Gasteiger partial charge >= 0.3 is 6.18 Å². The van der Waals surface area contributed by atoms with E-state index in [1.807, 2.05) is 12.1 Å². The molecule has 1 aliphatic heterocycles. The molecule has 0 bridgehead atoms. The molecule has 1 saturated heterocycles. The first kappa shape index (κ1) is 24.9. The van der Waals surface area contributed by atoms with Gasteiger partial charge in [-0.05, 0) is 42.3 Å². The van der Waals surface area contributed by atoms with Crippen molar-refractivity contribution in [3.8, 4) is 0 Å².